The number of nitrogens with two attached hydrogens (primary N) is 1. The van der Waals surface area contributed by atoms with Crippen LogP contribution in [0.5, 0.6) is 0 Å². The third kappa shape index (κ3) is 3.01. The van der Waals surface area contributed by atoms with E-state index in [2.05, 4.69) is 4.98 Å². The van der Waals surface area contributed by atoms with Gasteiger partial charge in [-0.25, -0.2) is 0 Å². The number of anilines is 1. The molecule has 1 aromatic rings. The van der Waals surface area contributed by atoms with Crippen molar-refractivity contribution in [2.45, 2.75) is 0 Å². The summed E-state index contributed by atoms with van der Waals surface area (Å²) < 4.78 is 0.765. The Morgan fingerprint density at radius 3 is 2.56 bits per heavy atom. The van der Waals surface area contributed by atoms with Crippen molar-refractivity contribution in [2.75, 3.05) is 5.73 Å². The molecule has 2 nitrogen and oxygen atoms in total. The molecule has 0 bridgehead atoms. The quantitative estimate of drug-likeness (QED) is 0.342. The zero-order chi connectivity index (χ0) is 5.98. The predicted molar refractivity (Wildman–Crippen MR) is 36.0 cm³/mol. The molecule has 0 radical (unpaired) electrons. The van der Waals surface area contributed by atoms with Gasteiger partial charge in [0.2, 0.25) is 0 Å². The second-order valence-electron chi connectivity index (χ2n) is 1.48. The summed E-state index contributed by atoms with van der Waals surface area (Å²) in [6, 6.07) is 3.49. The molecular formula is C5H6N2NaS+. The summed E-state index contributed by atoms with van der Waals surface area (Å²) in [6.45, 7) is 0. The van der Waals surface area contributed by atoms with E-state index in [1.54, 1.807) is 18.3 Å². The Bertz CT molecular complexity index is 232. The normalized spacial score (nSPS) is 8.00. The molecular weight excluding hydrogens is 143 g/mol. The first-order chi connectivity index (χ1) is 3.79. The van der Waals surface area contributed by atoms with E-state index in [9.17, 15) is 0 Å². The van der Waals surface area contributed by atoms with Gasteiger partial charge in [-0.15, -0.1) is 0 Å². The molecule has 0 unspecified atom stereocenters. The Balaban J connectivity index is 0.000000640. The van der Waals surface area contributed by atoms with Crippen LogP contribution in [-0.4, -0.2) is 4.98 Å². The first-order valence-corrected chi connectivity index (χ1v) is 2.64. The van der Waals surface area contributed by atoms with E-state index in [0.717, 1.165) is 4.51 Å². The fourth-order valence-corrected chi connectivity index (χ4v) is 0.658. The monoisotopic (exact) mass is 149 g/mol. The summed E-state index contributed by atoms with van der Waals surface area (Å²) in [5.74, 6) is 0.609. The van der Waals surface area contributed by atoms with Crippen LogP contribution in [-0.2, 0) is 0 Å². The molecule has 0 fully saturated rings. The molecule has 1 aromatic heterocycles. The van der Waals surface area contributed by atoms with Gasteiger partial charge in [-0.05, 0) is 12.1 Å². The van der Waals surface area contributed by atoms with Crippen LogP contribution in [0.1, 0.15) is 0 Å². The van der Waals surface area contributed by atoms with Gasteiger partial charge in [0, 0.05) is 10.7 Å². The van der Waals surface area contributed by atoms with Crippen LogP contribution in [0.4, 0.5) is 5.82 Å². The minimum atomic E-state index is 0. The van der Waals surface area contributed by atoms with E-state index < -0.39 is 0 Å². The van der Waals surface area contributed by atoms with E-state index in [1.165, 1.54) is 0 Å². The molecule has 0 atom stereocenters. The summed E-state index contributed by atoms with van der Waals surface area (Å²) >= 11 is 4.80. The molecule has 42 valence electrons. The van der Waals surface area contributed by atoms with Gasteiger partial charge < -0.3 is 10.7 Å². The second kappa shape index (κ2) is 4.06. The summed E-state index contributed by atoms with van der Waals surface area (Å²) in [7, 11) is 0. The maximum atomic E-state index is 5.34. The van der Waals surface area contributed by atoms with Gasteiger partial charge in [-0.3, -0.25) is 0 Å². The molecule has 0 saturated carbocycles. The van der Waals surface area contributed by atoms with E-state index in [4.69, 9.17) is 18.0 Å². The van der Waals surface area contributed by atoms with E-state index in [0.29, 0.717) is 5.82 Å². The smallest absolute Gasteiger partial charge is 0.385 e. The number of hydrogen-bond acceptors (Lipinski definition) is 2. The molecule has 0 spiro atoms. The average Bonchev–Trinajstić information content (AvgIpc) is 1.64. The van der Waals surface area contributed by atoms with Gasteiger partial charge in [0.1, 0.15) is 5.82 Å². The Hall–Kier alpha value is 0.170. The number of H-pyrrole nitrogens is 1. The molecule has 0 saturated heterocycles. The number of nitrogen functional groups attached to an aromatic ring is 1. The fourth-order valence-electron chi connectivity index (χ4n) is 0.463. The maximum Gasteiger partial charge on any atom is 1.00 e. The first kappa shape index (κ1) is 9.17. The van der Waals surface area contributed by atoms with Gasteiger partial charge in [-0.2, -0.15) is 0 Å². The number of pyridine rings is 1. The van der Waals surface area contributed by atoms with Crippen molar-refractivity contribution in [2.24, 2.45) is 0 Å². The number of aromatic nitrogens is 1. The molecule has 4 heteroatoms. The molecule has 3 N–H and O–H groups in total. The SMILES string of the molecule is Nc1cc(=S)cc[nH]1.[Na+]. The number of nitrogens with one attached hydrogen (secondary N) is 1. The summed E-state index contributed by atoms with van der Waals surface area (Å²) in [5, 5.41) is 0. The Labute approximate surface area is 80.8 Å². The molecule has 0 aliphatic heterocycles. The van der Waals surface area contributed by atoms with Gasteiger partial charge >= 0.3 is 29.6 Å². The minimum absolute atomic E-state index is 0. The van der Waals surface area contributed by atoms with Crippen molar-refractivity contribution in [3.63, 3.8) is 0 Å². The van der Waals surface area contributed by atoms with Gasteiger partial charge in [0.25, 0.3) is 0 Å². The van der Waals surface area contributed by atoms with Crippen LogP contribution in [0.3, 0.4) is 0 Å². The molecule has 0 aliphatic carbocycles. The molecule has 9 heavy (non-hydrogen) atoms. The van der Waals surface area contributed by atoms with Crippen molar-refractivity contribution in [3.05, 3.63) is 22.8 Å². The van der Waals surface area contributed by atoms with Crippen LogP contribution in [0.15, 0.2) is 18.3 Å². The topological polar surface area (TPSA) is 41.8 Å². The third-order valence-corrected chi connectivity index (χ3v) is 1.05. The van der Waals surface area contributed by atoms with Crippen molar-refractivity contribution < 1.29 is 29.6 Å². The standard InChI is InChI=1S/C5H6N2S.Na/c6-5-3-4(8)1-2-7-5;/h1-3H,(H3,6,7,8);/q;+1. The average molecular weight is 149 g/mol. The zero-order valence-corrected chi connectivity index (χ0v) is 8.03. The Morgan fingerprint density at radius 1 is 1.56 bits per heavy atom. The predicted octanol–water partition coefficient (Wildman–Crippen LogP) is -1.67. The number of rotatable bonds is 0. The molecule has 0 aliphatic rings. The Morgan fingerprint density at radius 2 is 2.22 bits per heavy atom. The third-order valence-electron chi connectivity index (χ3n) is 0.795. The van der Waals surface area contributed by atoms with Crippen LogP contribution in [0, 0.1) is 4.51 Å². The van der Waals surface area contributed by atoms with Gasteiger partial charge in [-0.1, -0.05) is 12.2 Å². The van der Waals surface area contributed by atoms with Crippen LogP contribution < -0.4 is 35.3 Å². The van der Waals surface area contributed by atoms with Crippen LogP contribution >= 0.6 is 12.2 Å². The molecule has 1 heterocycles. The second-order valence-corrected chi connectivity index (χ2v) is 1.95. The van der Waals surface area contributed by atoms with Crippen molar-refractivity contribution in [3.8, 4) is 0 Å². The summed E-state index contributed by atoms with van der Waals surface area (Å²) in [4.78, 5) is 2.78. The molecule has 1 rings (SSSR count). The van der Waals surface area contributed by atoms with E-state index >= 15 is 0 Å². The Kier molecular flexibility index (Phi) is 4.14. The maximum absolute atomic E-state index is 5.34. The van der Waals surface area contributed by atoms with Crippen LogP contribution in [0.2, 0.25) is 0 Å². The summed E-state index contributed by atoms with van der Waals surface area (Å²) in [5.41, 5.74) is 5.34. The largest absolute Gasteiger partial charge is 1.00 e. The number of hydrogen-bond donors (Lipinski definition) is 2. The van der Waals surface area contributed by atoms with E-state index in [-0.39, 0.29) is 29.6 Å². The van der Waals surface area contributed by atoms with Crippen LogP contribution in [0.25, 0.3) is 0 Å². The zero-order valence-electron chi connectivity index (χ0n) is 5.22. The fraction of sp³-hybridized carbons (Fsp3) is 0. The minimum Gasteiger partial charge on any atom is -0.385 e. The van der Waals surface area contributed by atoms with E-state index in [1.807, 2.05) is 0 Å². The summed E-state index contributed by atoms with van der Waals surface area (Å²) in [6.07, 6.45) is 1.72. The van der Waals surface area contributed by atoms with Gasteiger partial charge in [0.05, 0.1) is 0 Å². The first-order valence-electron chi connectivity index (χ1n) is 2.23. The molecule has 0 aromatic carbocycles. The molecule has 0 amide bonds. The number of aromatic amines is 1. The van der Waals surface area contributed by atoms with Crippen molar-refractivity contribution in [1.82, 2.24) is 4.98 Å². The van der Waals surface area contributed by atoms with Gasteiger partial charge in [0.15, 0.2) is 0 Å². The van der Waals surface area contributed by atoms with Crippen molar-refractivity contribution in [1.29, 1.82) is 0 Å². The van der Waals surface area contributed by atoms with Crippen molar-refractivity contribution >= 4 is 18.0 Å².